The van der Waals surface area contributed by atoms with E-state index in [1.807, 2.05) is 6.08 Å². The van der Waals surface area contributed by atoms with E-state index in [4.69, 9.17) is 4.74 Å². The molecule has 3 rings (SSSR count). The Balaban J connectivity index is 1.43. The minimum Gasteiger partial charge on any atom is -0.431 e. The van der Waals surface area contributed by atoms with Crippen LogP contribution in [0.3, 0.4) is 0 Å². The molecule has 0 N–H and O–H groups in total. The third kappa shape index (κ3) is 5.93. The summed E-state index contributed by atoms with van der Waals surface area (Å²) in [4.78, 5) is 0. The molecule has 0 atom stereocenters. The van der Waals surface area contributed by atoms with Crippen LogP contribution < -0.4 is 4.74 Å². The lowest BCUT2D eigenvalue weighted by Crippen LogP contribution is -2.35. The highest BCUT2D eigenvalue weighted by molar-refractivity contribution is 5.25. The number of halogens is 5. The molecule has 1 aromatic carbocycles. The fourth-order valence-electron chi connectivity index (χ4n) is 4.59. The number of benzene rings is 1. The van der Waals surface area contributed by atoms with Gasteiger partial charge in [0.2, 0.25) is 0 Å². The summed E-state index contributed by atoms with van der Waals surface area (Å²) in [5.74, 6) is -3.76. The van der Waals surface area contributed by atoms with Gasteiger partial charge in [0.05, 0.1) is 6.10 Å². The summed E-state index contributed by atoms with van der Waals surface area (Å²) in [7, 11) is 0. The van der Waals surface area contributed by atoms with Gasteiger partial charge in [0.25, 0.3) is 0 Å². The molecule has 2 fully saturated rings. The fraction of sp³-hybridized carbons (Fsp3) is 0.636. The van der Waals surface area contributed by atoms with Crippen LogP contribution in [0.1, 0.15) is 51.4 Å². The predicted octanol–water partition coefficient (Wildman–Crippen LogP) is 6.64. The lowest BCUT2D eigenvalue weighted by atomic mass is 9.70. The second-order valence-corrected chi connectivity index (χ2v) is 8.20. The van der Waals surface area contributed by atoms with Crippen LogP contribution in [0.15, 0.2) is 24.8 Å². The summed E-state index contributed by atoms with van der Waals surface area (Å²) in [6.07, 6.45) is 6.07. The molecule has 0 spiro atoms. The number of allylic oxidation sites excluding steroid dienone is 1. The number of alkyl halides is 2. The van der Waals surface area contributed by atoms with Gasteiger partial charge in [0, 0.05) is 12.1 Å². The molecule has 2 aliphatic rings. The maximum atomic E-state index is 14.0. The standard InChI is InChI=1S/C22H27F5O2/c1-2-14-3-5-15(6-4-14)16-7-9-17(10-8-16)28-13-22(26,27)29-18-11-19(23)21(25)20(24)12-18/h2,11-12,14-17H,1,3-10,13H2. The van der Waals surface area contributed by atoms with Crippen molar-refractivity contribution in [2.75, 3.05) is 6.61 Å². The zero-order valence-electron chi connectivity index (χ0n) is 16.3. The van der Waals surface area contributed by atoms with Crippen molar-refractivity contribution in [2.24, 2.45) is 17.8 Å². The van der Waals surface area contributed by atoms with Crippen molar-refractivity contribution >= 4 is 0 Å². The van der Waals surface area contributed by atoms with Gasteiger partial charge in [-0.1, -0.05) is 6.08 Å². The van der Waals surface area contributed by atoms with Crippen molar-refractivity contribution in [1.82, 2.24) is 0 Å². The Hall–Kier alpha value is -1.63. The Morgan fingerprint density at radius 3 is 1.93 bits per heavy atom. The summed E-state index contributed by atoms with van der Waals surface area (Å²) in [5.41, 5.74) is 0. The molecule has 0 saturated heterocycles. The van der Waals surface area contributed by atoms with Crippen LogP contribution in [0.5, 0.6) is 5.75 Å². The Kier molecular flexibility index (Phi) is 7.19. The van der Waals surface area contributed by atoms with Crippen LogP contribution in [-0.2, 0) is 4.74 Å². The fourth-order valence-corrected chi connectivity index (χ4v) is 4.59. The maximum Gasteiger partial charge on any atom is 0.421 e. The van der Waals surface area contributed by atoms with Crippen LogP contribution in [0.25, 0.3) is 0 Å². The van der Waals surface area contributed by atoms with Crippen LogP contribution >= 0.6 is 0 Å². The summed E-state index contributed by atoms with van der Waals surface area (Å²) < 4.78 is 76.8. The van der Waals surface area contributed by atoms with Gasteiger partial charge in [-0.2, -0.15) is 8.78 Å². The lowest BCUT2D eigenvalue weighted by Gasteiger charge is -2.37. The van der Waals surface area contributed by atoms with E-state index < -0.39 is 35.9 Å². The zero-order valence-corrected chi connectivity index (χ0v) is 16.3. The summed E-state index contributed by atoms with van der Waals surface area (Å²) >= 11 is 0. The normalized spacial score (nSPS) is 28.2. The summed E-state index contributed by atoms with van der Waals surface area (Å²) in [5, 5.41) is 0. The Morgan fingerprint density at radius 1 is 0.897 bits per heavy atom. The van der Waals surface area contributed by atoms with E-state index in [-0.39, 0.29) is 6.10 Å². The first kappa shape index (κ1) is 22.1. The monoisotopic (exact) mass is 418 g/mol. The van der Waals surface area contributed by atoms with Crippen LogP contribution in [0.4, 0.5) is 22.0 Å². The van der Waals surface area contributed by atoms with Gasteiger partial charge in [-0.15, -0.1) is 6.58 Å². The van der Waals surface area contributed by atoms with E-state index in [1.54, 1.807) is 0 Å². The van der Waals surface area contributed by atoms with E-state index in [1.165, 1.54) is 25.7 Å². The van der Waals surface area contributed by atoms with Crippen molar-refractivity contribution in [1.29, 1.82) is 0 Å². The highest BCUT2D eigenvalue weighted by atomic mass is 19.3. The van der Waals surface area contributed by atoms with Gasteiger partial charge in [-0.05, 0) is 69.1 Å². The van der Waals surface area contributed by atoms with Crippen molar-refractivity contribution in [3.05, 3.63) is 42.2 Å². The van der Waals surface area contributed by atoms with Gasteiger partial charge >= 0.3 is 6.11 Å². The number of hydrogen-bond donors (Lipinski definition) is 0. The molecule has 162 valence electrons. The molecule has 29 heavy (non-hydrogen) atoms. The topological polar surface area (TPSA) is 18.5 Å². The predicted molar refractivity (Wildman–Crippen MR) is 99.2 cm³/mol. The first-order chi connectivity index (χ1) is 13.8. The molecule has 1 aromatic rings. The van der Waals surface area contributed by atoms with Crippen molar-refractivity contribution < 1.29 is 31.4 Å². The second-order valence-electron chi connectivity index (χ2n) is 8.20. The molecule has 2 saturated carbocycles. The first-order valence-corrected chi connectivity index (χ1v) is 10.2. The van der Waals surface area contributed by atoms with Gasteiger partial charge in [-0.3, -0.25) is 0 Å². The number of hydrogen-bond acceptors (Lipinski definition) is 2. The molecule has 0 radical (unpaired) electrons. The third-order valence-electron chi connectivity index (χ3n) is 6.25. The van der Waals surface area contributed by atoms with Crippen LogP contribution in [-0.4, -0.2) is 18.8 Å². The highest BCUT2D eigenvalue weighted by Crippen LogP contribution is 2.41. The largest absolute Gasteiger partial charge is 0.431 e. The van der Waals surface area contributed by atoms with E-state index >= 15 is 0 Å². The average Bonchev–Trinajstić information content (AvgIpc) is 2.71. The molecule has 0 amide bonds. The second kappa shape index (κ2) is 9.45. The summed E-state index contributed by atoms with van der Waals surface area (Å²) in [6, 6.07) is 0.775. The molecule has 0 heterocycles. The van der Waals surface area contributed by atoms with E-state index in [9.17, 15) is 22.0 Å². The van der Waals surface area contributed by atoms with E-state index in [0.717, 1.165) is 12.8 Å². The molecular formula is C22H27F5O2. The Morgan fingerprint density at radius 2 is 1.41 bits per heavy atom. The SMILES string of the molecule is C=CC1CCC(C2CCC(OCC(F)(F)Oc3cc(F)c(F)c(F)c3)CC2)CC1. The maximum absolute atomic E-state index is 14.0. The number of rotatable bonds is 7. The van der Waals surface area contributed by atoms with E-state index in [2.05, 4.69) is 11.3 Å². The van der Waals surface area contributed by atoms with Crippen LogP contribution in [0, 0.1) is 35.2 Å². The first-order valence-electron chi connectivity index (χ1n) is 10.2. The van der Waals surface area contributed by atoms with Crippen molar-refractivity contribution in [3.63, 3.8) is 0 Å². The Labute approximate surface area is 168 Å². The average molecular weight is 418 g/mol. The smallest absolute Gasteiger partial charge is 0.421 e. The van der Waals surface area contributed by atoms with Gasteiger partial charge in [0.1, 0.15) is 5.75 Å². The molecule has 0 bridgehead atoms. The van der Waals surface area contributed by atoms with E-state index in [0.29, 0.717) is 42.7 Å². The molecule has 2 aliphatic carbocycles. The molecule has 0 aliphatic heterocycles. The third-order valence-corrected chi connectivity index (χ3v) is 6.25. The molecule has 0 aromatic heterocycles. The Bertz CT molecular complexity index is 669. The number of ether oxygens (including phenoxy) is 2. The minimum atomic E-state index is -3.77. The molecule has 2 nitrogen and oxygen atoms in total. The molecular weight excluding hydrogens is 391 g/mol. The highest BCUT2D eigenvalue weighted by Gasteiger charge is 2.36. The van der Waals surface area contributed by atoms with Crippen LogP contribution in [0.2, 0.25) is 0 Å². The van der Waals surface area contributed by atoms with Gasteiger partial charge in [0.15, 0.2) is 24.1 Å². The molecule has 0 unspecified atom stereocenters. The van der Waals surface area contributed by atoms with Gasteiger partial charge in [-0.25, -0.2) is 13.2 Å². The van der Waals surface area contributed by atoms with Crippen molar-refractivity contribution in [3.8, 4) is 5.75 Å². The molecule has 7 heteroatoms. The lowest BCUT2D eigenvalue weighted by molar-refractivity contribution is -0.222. The van der Waals surface area contributed by atoms with Gasteiger partial charge < -0.3 is 9.47 Å². The summed E-state index contributed by atoms with van der Waals surface area (Å²) in [6.45, 7) is 2.85. The minimum absolute atomic E-state index is 0.285. The van der Waals surface area contributed by atoms with Crippen molar-refractivity contribution in [2.45, 2.75) is 63.6 Å². The zero-order chi connectivity index (χ0) is 21.0. The quantitative estimate of drug-likeness (QED) is 0.281.